The fraction of sp³-hybridized carbons (Fsp3) is 0.385. The van der Waals surface area contributed by atoms with Crippen molar-refractivity contribution in [3.8, 4) is 0 Å². The molecule has 106 valence electrons. The minimum Gasteiger partial charge on any atom is -0.365 e. The standard InChI is InChI=1S/C13H14FN3O2S/c1-15-12(18)10-7-17(4-5-19-10)13-16-9-3-2-8(14)6-11(9)20-13/h2-3,6,10H,4-5,7H2,1H3,(H,15,18). The summed E-state index contributed by atoms with van der Waals surface area (Å²) < 4.78 is 19.4. The molecule has 1 aromatic carbocycles. The summed E-state index contributed by atoms with van der Waals surface area (Å²) in [5, 5.41) is 3.38. The van der Waals surface area contributed by atoms with E-state index in [1.807, 2.05) is 4.90 Å². The van der Waals surface area contributed by atoms with Gasteiger partial charge in [0.15, 0.2) is 11.2 Å². The molecule has 1 saturated heterocycles. The van der Waals surface area contributed by atoms with Crippen LogP contribution >= 0.6 is 11.3 Å². The van der Waals surface area contributed by atoms with Crippen molar-refractivity contribution in [1.29, 1.82) is 0 Å². The molecule has 0 aliphatic carbocycles. The summed E-state index contributed by atoms with van der Waals surface area (Å²) >= 11 is 1.43. The normalized spacial score (nSPS) is 19.3. The molecule has 1 fully saturated rings. The summed E-state index contributed by atoms with van der Waals surface area (Å²) in [5.41, 5.74) is 0.773. The van der Waals surface area contributed by atoms with Gasteiger partial charge in [-0.3, -0.25) is 4.79 Å². The van der Waals surface area contributed by atoms with Gasteiger partial charge < -0.3 is 15.0 Å². The van der Waals surface area contributed by atoms with Gasteiger partial charge in [-0.1, -0.05) is 11.3 Å². The van der Waals surface area contributed by atoms with Crippen LogP contribution in [-0.2, 0) is 9.53 Å². The third-order valence-electron chi connectivity index (χ3n) is 3.21. The maximum atomic E-state index is 13.2. The zero-order chi connectivity index (χ0) is 14.1. The minimum atomic E-state index is -0.488. The van der Waals surface area contributed by atoms with Gasteiger partial charge in [0.2, 0.25) is 0 Å². The van der Waals surface area contributed by atoms with Gasteiger partial charge in [0.25, 0.3) is 5.91 Å². The first-order chi connectivity index (χ1) is 9.67. The van der Waals surface area contributed by atoms with Crippen LogP contribution in [0.25, 0.3) is 10.2 Å². The van der Waals surface area contributed by atoms with Crippen molar-refractivity contribution in [2.45, 2.75) is 6.10 Å². The Kier molecular flexibility index (Phi) is 3.54. The number of hydrogen-bond acceptors (Lipinski definition) is 5. The summed E-state index contributed by atoms with van der Waals surface area (Å²) in [5.74, 6) is -0.403. The summed E-state index contributed by atoms with van der Waals surface area (Å²) in [7, 11) is 1.59. The van der Waals surface area contributed by atoms with Gasteiger partial charge in [-0.15, -0.1) is 0 Å². The lowest BCUT2D eigenvalue weighted by atomic mass is 10.2. The third-order valence-corrected chi connectivity index (χ3v) is 4.29. The Balaban J connectivity index is 1.84. The molecule has 1 unspecified atom stereocenters. The number of anilines is 1. The molecule has 1 N–H and O–H groups in total. The van der Waals surface area contributed by atoms with Crippen LogP contribution in [0.2, 0.25) is 0 Å². The lowest BCUT2D eigenvalue weighted by molar-refractivity contribution is -0.132. The lowest BCUT2D eigenvalue weighted by Crippen LogP contribution is -2.49. The van der Waals surface area contributed by atoms with E-state index in [1.54, 1.807) is 13.1 Å². The zero-order valence-corrected chi connectivity index (χ0v) is 11.7. The van der Waals surface area contributed by atoms with Gasteiger partial charge in [0.05, 0.1) is 23.4 Å². The first kappa shape index (κ1) is 13.3. The average Bonchev–Trinajstić information content (AvgIpc) is 2.89. The van der Waals surface area contributed by atoms with E-state index < -0.39 is 6.10 Å². The molecule has 1 aromatic heterocycles. The Morgan fingerprint density at radius 1 is 1.60 bits per heavy atom. The van der Waals surface area contributed by atoms with E-state index >= 15 is 0 Å². The van der Waals surface area contributed by atoms with E-state index in [0.29, 0.717) is 19.7 Å². The van der Waals surface area contributed by atoms with Crippen LogP contribution in [-0.4, -0.2) is 43.7 Å². The fourth-order valence-electron chi connectivity index (χ4n) is 2.16. The number of amides is 1. The van der Waals surface area contributed by atoms with Crippen LogP contribution in [0.5, 0.6) is 0 Å². The molecule has 0 saturated carbocycles. The smallest absolute Gasteiger partial charge is 0.250 e. The van der Waals surface area contributed by atoms with Gasteiger partial charge >= 0.3 is 0 Å². The number of nitrogens with zero attached hydrogens (tertiary/aromatic N) is 2. The van der Waals surface area contributed by atoms with Crippen LogP contribution in [0, 0.1) is 5.82 Å². The number of carbonyl (C=O) groups excluding carboxylic acids is 1. The monoisotopic (exact) mass is 295 g/mol. The fourth-order valence-corrected chi connectivity index (χ4v) is 3.19. The van der Waals surface area contributed by atoms with Crippen molar-refractivity contribution < 1.29 is 13.9 Å². The zero-order valence-electron chi connectivity index (χ0n) is 10.9. The topological polar surface area (TPSA) is 54.5 Å². The number of halogens is 1. The maximum absolute atomic E-state index is 13.2. The van der Waals surface area contributed by atoms with Gasteiger partial charge in [-0.25, -0.2) is 9.37 Å². The summed E-state index contributed by atoms with van der Waals surface area (Å²) in [6.07, 6.45) is -0.488. The second-order valence-corrected chi connectivity index (χ2v) is 5.54. The number of fused-ring (bicyclic) bond motifs is 1. The molecule has 1 amide bonds. The molecule has 0 spiro atoms. The number of thiazole rings is 1. The number of morpholine rings is 1. The number of hydrogen-bond donors (Lipinski definition) is 1. The van der Waals surface area contributed by atoms with Gasteiger partial charge in [-0.2, -0.15) is 0 Å². The molecule has 3 rings (SSSR count). The Labute approximate surface area is 119 Å². The second kappa shape index (κ2) is 5.34. The van der Waals surface area contributed by atoms with Crippen LogP contribution in [0.4, 0.5) is 9.52 Å². The summed E-state index contributed by atoms with van der Waals surface area (Å²) in [4.78, 5) is 18.1. The van der Waals surface area contributed by atoms with E-state index in [0.717, 1.165) is 15.3 Å². The van der Waals surface area contributed by atoms with Crippen molar-refractivity contribution in [3.05, 3.63) is 24.0 Å². The van der Waals surface area contributed by atoms with E-state index in [4.69, 9.17) is 4.74 Å². The van der Waals surface area contributed by atoms with Gasteiger partial charge in [0.1, 0.15) is 5.82 Å². The van der Waals surface area contributed by atoms with Crippen molar-refractivity contribution in [3.63, 3.8) is 0 Å². The van der Waals surface area contributed by atoms with E-state index in [1.165, 1.54) is 23.5 Å². The molecule has 1 atom stereocenters. The van der Waals surface area contributed by atoms with E-state index in [9.17, 15) is 9.18 Å². The third kappa shape index (κ3) is 2.46. The quantitative estimate of drug-likeness (QED) is 0.909. The number of benzene rings is 1. The van der Waals surface area contributed by atoms with Crippen LogP contribution in [0.15, 0.2) is 18.2 Å². The molecular formula is C13H14FN3O2S. The van der Waals surface area contributed by atoms with Crippen molar-refractivity contribution >= 4 is 32.6 Å². The predicted octanol–water partition coefficient (Wildman–Crippen LogP) is 1.39. The maximum Gasteiger partial charge on any atom is 0.250 e. The predicted molar refractivity (Wildman–Crippen MR) is 75.6 cm³/mol. The minimum absolute atomic E-state index is 0.137. The highest BCUT2D eigenvalue weighted by molar-refractivity contribution is 7.22. The van der Waals surface area contributed by atoms with Gasteiger partial charge in [0, 0.05) is 13.6 Å². The second-order valence-electron chi connectivity index (χ2n) is 4.53. The molecule has 1 aliphatic heterocycles. The number of likely N-dealkylation sites (N-methyl/N-ethyl adjacent to an activating group) is 1. The summed E-state index contributed by atoms with van der Waals surface area (Å²) in [6.45, 7) is 1.61. The molecule has 5 nitrogen and oxygen atoms in total. The van der Waals surface area contributed by atoms with E-state index in [2.05, 4.69) is 10.3 Å². The molecule has 1 aliphatic rings. The highest BCUT2D eigenvalue weighted by Crippen LogP contribution is 2.30. The molecule has 2 aromatic rings. The van der Waals surface area contributed by atoms with Crippen LogP contribution in [0.3, 0.4) is 0 Å². The number of ether oxygens (including phenoxy) is 1. The number of aromatic nitrogens is 1. The van der Waals surface area contributed by atoms with Crippen molar-refractivity contribution in [1.82, 2.24) is 10.3 Å². The number of rotatable bonds is 2. The van der Waals surface area contributed by atoms with Crippen LogP contribution < -0.4 is 10.2 Å². The summed E-state index contributed by atoms with van der Waals surface area (Å²) in [6, 6.07) is 4.55. The molecule has 0 radical (unpaired) electrons. The first-order valence-electron chi connectivity index (χ1n) is 6.31. The highest BCUT2D eigenvalue weighted by atomic mass is 32.1. The molecule has 7 heteroatoms. The SMILES string of the molecule is CNC(=O)C1CN(c2nc3ccc(F)cc3s2)CCO1. The highest BCUT2D eigenvalue weighted by Gasteiger charge is 2.27. The Hall–Kier alpha value is -1.73. The Morgan fingerprint density at radius 2 is 2.45 bits per heavy atom. The molecular weight excluding hydrogens is 281 g/mol. The molecule has 2 heterocycles. The van der Waals surface area contributed by atoms with Gasteiger partial charge in [-0.05, 0) is 18.2 Å². The average molecular weight is 295 g/mol. The van der Waals surface area contributed by atoms with E-state index in [-0.39, 0.29) is 11.7 Å². The largest absolute Gasteiger partial charge is 0.365 e. The Morgan fingerprint density at radius 3 is 3.25 bits per heavy atom. The van der Waals surface area contributed by atoms with Crippen molar-refractivity contribution in [2.24, 2.45) is 0 Å². The lowest BCUT2D eigenvalue weighted by Gasteiger charge is -2.31. The molecule has 0 bridgehead atoms. The van der Waals surface area contributed by atoms with Crippen LogP contribution in [0.1, 0.15) is 0 Å². The Bertz CT molecular complexity index is 646. The number of carbonyl (C=O) groups is 1. The first-order valence-corrected chi connectivity index (χ1v) is 7.13. The van der Waals surface area contributed by atoms with Crippen molar-refractivity contribution in [2.75, 3.05) is 31.6 Å². The molecule has 20 heavy (non-hydrogen) atoms. The number of nitrogens with one attached hydrogen (secondary N) is 1.